The maximum absolute atomic E-state index is 12.4. The maximum atomic E-state index is 12.4. The molecule has 0 saturated carbocycles. The Morgan fingerprint density at radius 2 is 1.82 bits per heavy atom. The van der Waals surface area contributed by atoms with E-state index in [1.807, 2.05) is 19.1 Å². The fourth-order valence-electron chi connectivity index (χ4n) is 1.75. The fourth-order valence-corrected chi connectivity index (χ4v) is 3.46. The molecule has 0 amide bonds. The normalized spacial score (nSPS) is 10.9. The molecule has 1 aromatic carbocycles. The standard InChI is InChI=1S/C13H14Cl2N3O2S.ClH/c1-2-9-5-3-4-6-18(9)17-21(19,20)10-7-11(14)13(16)12(15)8-10;/h3-8,17H,2,16H2,1H3;1H/q+1;/p-1. The molecule has 1 heterocycles. The van der Waals surface area contributed by atoms with Gasteiger partial charge in [0.1, 0.15) is 0 Å². The van der Waals surface area contributed by atoms with Gasteiger partial charge in [0.15, 0.2) is 0 Å². The van der Waals surface area contributed by atoms with Crippen LogP contribution in [0.4, 0.5) is 5.69 Å². The topological polar surface area (TPSA) is 76.1 Å². The molecule has 0 saturated heterocycles. The molecular formula is C13H14Cl3N3O2S. The molecule has 0 aliphatic rings. The van der Waals surface area contributed by atoms with Gasteiger partial charge >= 0.3 is 10.0 Å². The van der Waals surface area contributed by atoms with Crippen molar-refractivity contribution < 1.29 is 25.5 Å². The number of rotatable bonds is 4. The van der Waals surface area contributed by atoms with Crippen molar-refractivity contribution in [2.75, 3.05) is 10.6 Å². The van der Waals surface area contributed by atoms with Crippen molar-refractivity contribution >= 4 is 38.9 Å². The molecule has 0 fully saturated rings. The number of nitrogens with zero attached hydrogens (tertiary/aromatic N) is 1. The van der Waals surface area contributed by atoms with Gasteiger partial charge in [-0.1, -0.05) is 39.6 Å². The van der Waals surface area contributed by atoms with Crippen molar-refractivity contribution in [3.05, 3.63) is 52.3 Å². The summed E-state index contributed by atoms with van der Waals surface area (Å²) in [7, 11) is -3.82. The number of pyridine rings is 1. The predicted octanol–water partition coefficient (Wildman–Crippen LogP) is -0.638. The lowest BCUT2D eigenvalue weighted by atomic mass is 10.3. The summed E-state index contributed by atoms with van der Waals surface area (Å²) < 4.78 is 26.2. The minimum Gasteiger partial charge on any atom is -1.00 e. The van der Waals surface area contributed by atoms with Crippen molar-refractivity contribution in [1.29, 1.82) is 0 Å². The first-order valence-electron chi connectivity index (χ1n) is 6.12. The first-order valence-corrected chi connectivity index (χ1v) is 8.36. The first-order chi connectivity index (χ1) is 9.85. The van der Waals surface area contributed by atoms with Crippen molar-refractivity contribution in [2.45, 2.75) is 18.2 Å². The molecule has 120 valence electrons. The highest BCUT2D eigenvalue weighted by molar-refractivity contribution is 7.92. The van der Waals surface area contributed by atoms with Gasteiger partial charge in [0.25, 0.3) is 0 Å². The Kier molecular flexibility index (Phi) is 6.31. The van der Waals surface area contributed by atoms with Crippen LogP contribution < -0.4 is 27.6 Å². The molecule has 0 aliphatic heterocycles. The average molecular weight is 383 g/mol. The Labute approximate surface area is 145 Å². The maximum Gasteiger partial charge on any atom is 0.306 e. The van der Waals surface area contributed by atoms with Gasteiger partial charge < -0.3 is 18.1 Å². The van der Waals surface area contributed by atoms with Gasteiger partial charge in [-0.3, -0.25) is 0 Å². The third kappa shape index (κ3) is 3.95. The van der Waals surface area contributed by atoms with Crippen molar-refractivity contribution in [3.8, 4) is 0 Å². The zero-order chi connectivity index (χ0) is 15.6. The highest BCUT2D eigenvalue weighted by Gasteiger charge is 2.22. The summed E-state index contributed by atoms with van der Waals surface area (Å²) in [6.07, 6.45) is 2.30. The summed E-state index contributed by atoms with van der Waals surface area (Å²) in [5.41, 5.74) is 6.57. The molecule has 0 unspecified atom stereocenters. The molecule has 22 heavy (non-hydrogen) atoms. The number of nitrogens with two attached hydrogens (primary N) is 1. The number of nitrogens with one attached hydrogen (secondary N) is 1. The molecule has 0 atom stereocenters. The van der Waals surface area contributed by atoms with E-state index in [0.29, 0.717) is 6.42 Å². The third-order valence-electron chi connectivity index (χ3n) is 2.89. The first kappa shape index (κ1) is 18.8. The van der Waals surface area contributed by atoms with Gasteiger partial charge in [-0.2, -0.15) is 8.42 Å². The van der Waals surface area contributed by atoms with Gasteiger partial charge in [0.2, 0.25) is 11.9 Å². The Morgan fingerprint density at radius 3 is 2.36 bits per heavy atom. The van der Waals surface area contributed by atoms with Gasteiger partial charge in [-0.05, 0) is 18.2 Å². The fraction of sp³-hybridized carbons (Fsp3) is 0.154. The van der Waals surface area contributed by atoms with E-state index in [4.69, 9.17) is 28.9 Å². The predicted molar refractivity (Wildman–Crippen MR) is 83.4 cm³/mol. The number of benzene rings is 1. The SMILES string of the molecule is CCc1cccc[n+]1NS(=O)(=O)c1cc(Cl)c(N)c(Cl)c1.[Cl-]. The second kappa shape index (κ2) is 7.37. The highest BCUT2D eigenvalue weighted by atomic mass is 35.5. The van der Waals surface area contributed by atoms with Crippen LogP contribution in [0.15, 0.2) is 41.4 Å². The Morgan fingerprint density at radius 1 is 1.23 bits per heavy atom. The Balaban J connectivity index is 0.00000242. The smallest absolute Gasteiger partial charge is 0.306 e. The van der Waals surface area contributed by atoms with E-state index in [0.717, 1.165) is 5.69 Å². The van der Waals surface area contributed by atoms with Crippen LogP contribution in [0, 0.1) is 0 Å². The zero-order valence-corrected chi connectivity index (χ0v) is 14.6. The monoisotopic (exact) mass is 381 g/mol. The average Bonchev–Trinajstić information content (AvgIpc) is 2.44. The molecule has 1 aromatic heterocycles. The van der Waals surface area contributed by atoms with Crippen molar-refractivity contribution in [3.63, 3.8) is 0 Å². The third-order valence-corrected chi connectivity index (χ3v) is 4.81. The van der Waals surface area contributed by atoms with E-state index in [1.165, 1.54) is 16.8 Å². The summed E-state index contributed by atoms with van der Waals surface area (Å²) in [4.78, 5) is 2.41. The number of aromatic nitrogens is 1. The van der Waals surface area contributed by atoms with Crippen LogP contribution in [0.2, 0.25) is 10.0 Å². The Bertz CT molecular complexity index is 759. The number of hydrogen-bond donors (Lipinski definition) is 2. The number of anilines is 1. The summed E-state index contributed by atoms with van der Waals surface area (Å²) >= 11 is 11.8. The minimum atomic E-state index is -3.82. The quantitative estimate of drug-likeness (QED) is 0.546. The minimum absolute atomic E-state index is 0. The van der Waals surface area contributed by atoms with Crippen LogP contribution in [0.1, 0.15) is 12.6 Å². The Hall–Kier alpha value is -1.21. The van der Waals surface area contributed by atoms with Crippen LogP contribution in [-0.2, 0) is 16.4 Å². The number of aryl methyl sites for hydroxylation is 1. The molecule has 0 bridgehead atoms. The molecule has 5 nitrogen and oxygen atoms in total. The van der Waals surface area contributed by atoms with Gasteiger partial charge in [0.05, 0.1) is 20.6 Å². The van der Waals surface area contributed by atoms with Crippen molar-refractivity contribution in [2.24, 2.45) is 0 Å². The van der Waals surface area contributed by atoms with Crippen LogP contribution in [0.5, 0.6) is 0 Å². The van der Waals surface area contributed by atoms with Crippen LogP contribution >= 0.6 is 23.2 Å². The lowest BCUT2D eigenvalue weighted by molar-refractivity contribution is -0.644. The molecule has 3 N–H and O–H groups in total. The van der Waals surface area contributed by atoms with E-state index >= 15 is 0 Å². The largest absolute Gasteiger partial charge is 1.00 e. The van der Waals surface area contributed by atoms with Gasteiger partial charge in [-0.15, -0.1) is 0 Å². The molecule has 0 aliphatic carbocycles. The molecular weight excluding hydrogens is 369 g/mol. The summed E-state index contributed by atoms with van der Waals surface area (Å²) in [6, 6.07) is 7.91. The molecule has 0 radical (unpaired) electrons. The van der Waals surface area contributed by atoms with E-state index in [-0.39, 0.29) is 33.0 Å². The van der Waals surface area contributed by atoms with Crippen LogP contribution in [0.3, 0.4) is 0 Å². The van der Waals surface area contributed by atoms with E-state index in [9.17, 15) is 8.42 Å². The molecule has 2 aromatic rings. The van der Waals surface area contributed by atoms with Gasteiger partial charge in [0, 0.05) is 18.6 Å². The number of halogens is 3. The summed E-state index contributed by atoms with van der Waals surface area (Å²) in [6.45, 7) is 1.93. The lowest BCUT2D eigenvalue weighted by Crippen LogP contribution is -3.00. The molecule has 2 rings (SSSR count). The molecule has 0 spiro atoms. The zero-order valence-electron chi connectivity index (χ0n) is 11.6. The van der Waals surface area contributed by atoms with E-state index in [1.54, 1.807) is 12.3 Å². The van der Waals surface area contributed by atoms with Crippen molar-refractivity contribution in [1.82, 2.24) is 0 Å². The second-order valence-corrected chi connectivity index (χ2v) is 6.79. The number of nitrogen functional groups attached to an aromatic ring is 1. The van der Waals surface area contributed by atoms with E-state index < -0.39 is 10.0 Å². The van der Waals surface area contributed by atoms with Crippen LogP contribution in [0.25, 0.3) is 0 Å². The van der Waals surface area contributed by atoms with Gasteiger partial charge in [-0.25, -0.2) is 0 Å². The number of sulfonamides is 1. The summed E-state index contributed by atoms with van der Waals surface area (Å²) in [5.74, 6) is 0. The van der Waals surface area contributed by atoms with E-state index in [2.05, 4.69) is 4.83 Å². The molecule has 9 heteroatoms. The second-order valence-electron chi connectivity index (χ2n) is 4.31. The lowest BCUT2D eigenvalue weighted by Gasteiger charge is -2.08. The summed E-state index contributed by atoms with van der Waals surface area (Å²) in [5, 5.41) is 0.188. The highest BCUT2D eigenvalue weighted by Crippen LogP contribution is 2.30. The van der Waals surface area contributed by atoms with Crippen LogP contribution in [-0.4, -0.2) is 8.42 Å². The number of hydrogen-bond acceptors (Lipinski definition) is 3.